The molecule has 0 bridgehead atoms. The molecule has 4 rings (SSSR count). The number of halogens is 1. The second-order valence-corrected chi connectivity index (χ2v) is 6.06. The Labute approximate surface area is 149 Å². The van der Waals surface area contributed by atoms with Crippen molar-refractivity contribution in [2.75, 3.05) is 20.3 Å². The van der Waals surface area contributed by atoms with E-state index in [0.29, 0.717) is 35.7 Å². The molecule has 132 valence electrons. The Balaban J connectivity index is 2.01. The minimum atomic E-state index is -0.483. The number of hydrogen-bond acceptors (Lipinski definition) is 4. The third-order valence-electron chi connectivity index (χ3n) is 4.42. The van der Waals surface area contributed by atoms with Crippen LogP contribution in [0.25, 0.3) is 22.4 Å². The second kappa shape index (κ2) is 6.68. The Morgan fingerprint density at radius 2 is 2.12 bits per heavy atom. The Morgan fingerprint density at radius 1 is 1.31 bits per heavy atom. The van der Waals surface area contributed by atoms with Crippen LogP contribution in [-0.4, -0.2) is 40.9 Å². The van der Waals surface area contributed by atoms with Crippen LogP contribution in [0, 0.1) is 5.82 Å². The van der Waals surface area contributed by atoms with Gasteiger partial charge in [0.25, 0.3) is 5.91 Å². The first-order chi connectivity index (χ1) is 12.7. The third-order valence-corrected chi connectivity index (χ3v) is 4.42. The maximum atomic E-state index is 14.4. The number of carbonyl (C=O) groups excluding carboxylic acids is 1. The molecule has 1 N–H and O–H groups in total. The number of carbonyl (C=O) groups is 1. The smallest absolute Gasteiger partial charge is 0.270 e. The van der Waals surface area contributed by atoms with Crippen LogP contribution in [0.3, 0.4) is 0 Å². The van der Waals surface area contributed by atoms with Gasteiger partial charge in [0.1, 0.15) is 11.4 Å². The first-order valence-corrected chi connectivity index (χ1v) is 8.25. The molecule has 3 heterocycles. The van der Waals surface area contributed by atoms with Gasteiger partial charge in [-0.3, -0.25) is 14.5 Å². The number of nitrogens with zero attached hydrogens (tertiary/aromatic N) is 3. The molecule has 3 aromatic rings. The predicted octanol–water partition coefficient (Wildman–Crippen LogP) is 2.68. The number of nitrogens with one attached hydrogen (secondary N) is 1. The molecular formula is C19H17FN4O2. The summed E-state index contributed by atoms with van der Waals surface area (Å²) in [7, 11) is 1.60. The lowest BCUT2D eigenvalue weighted by Crippen LogP contribution is -2.41. The summed E-state index contributed by atoms with van der Waals surface area (Å²) >= 11 is 0. The molecule has 1 aliphatic heterocycles. The van der Waals surface area contributed by atoms with Gasteiger partial charge in [-0.1, -0.05) is 30.3 Å². The van der Waals surface area contributed by atoms with Crippen molar-refractivity contribution in [1.82, 2.24) is 20.1 Å². The molecule has 0 radical (unpaired) electrons. The van der Waals surface area contributed by atoms with Gasteiger partial charge in [0, 0.05) is 31.0 Å². The van der Waals surface area contributed by atoms with Gasteiger partial charge >= 0.3 is 0 Å². The van der Waals surface area contributed by atoms with Crippen molar-refractivity contribution in [3.8, 4) is 22.4 Å². The molecule has 0 saturated carbocycles. The standard InChI is InChI=1S/C19H17FN4O2/c1-26-11-13-9-22-19(25)18-16(12-5-3-2-4-6-12)17(23-24(13)18)14-7-8-21-10-15(14)20/h2-8,10,13H,9,11H2,1H3,(H,22,25). The third kappa shape index (κ3) is 2.66. The molecule has 0 saturated heterocycles. The number of benzene rings is 1. The number of pyridine rings is 1. The lowest BCUT2D eigenvalue weighted by Gasteiger charge is -2.24. The lowest BCUT2D eigenvalue weighted by molar-refractivity contribution is 0.0862. The van der Waals surface area contributed by atoms with Crippen LogP contribution in [0.4, 0.5) is 4.39 Å². The number of ether oxygens (including phenoxy) is 1. The average molecular weight is 352 g/mol. The SMILES string of the molecule is COCC1CNC(=O)c2c(-c3ccccc3)c(-c3ccncc3F)nn21. The number of rotatable bonds is 4. The minimum Gasteiger partial charge on any atom is -0.382 e. The highest BCUT2D eigenvalue weighted by molar-refractivity contribution is 6.03. The Hall–Kier alpha value is -3.06. The largest absolute Gasteiger partial charge is 0.382 e. The highest BCUT2D eigenvalue weighted by Gasteiger charge is 2.33. The van der Waals surface area contributed by atoms with E-state index in [1.807, 2.05) is 30.3 Å². The summed E-state index contributed by atoms with van der Waals surface area (Å²) in [5.74, 6) is -0.715. The molecule has 26 heavy (non-hydrogen) atoms. The average Bonchev–Trinajstić information content (AvgIpc) is 3.07. The normalized spacial score (nSPS) is 16.2. The van der Waals surface area contributed by atoms with Crippen LogP contribution in [0.15, 0.2) is 48.8 Å². The molecule has 1 aromatic carbocycles. The van der Waals surface area contributed by atoms with Gasteiger partial charge in [0.2, 0.25) is 0 Å². The van der Waals surface area contributed by atoms with Crippen LogP contribution < -0.4 is 5.32 Å². The fraction of sp³-hybridized carbons (Fsp3) is 0.211. The lowest BCUT2D eigenvalue weighted by atomic mass is 9.98. The fourth-order valence-corrected chi connectivity index (χ4v) is 3.25. The summed E-state index contributed by atoms with van der Waals surface area (Å²) in [6.07, 6.45) is 2.66. The van der Waals surface area contributed by atoms with Crippen molar-refractivity contribution in [1.29, 1.82) is 0 Å². The molecular weight excluding hydrogens is 335 g/mol. The van der Waals surface area contributed by atoms with E-state index >= 15 is 0 Å². The number of aromatic nitrogens is 3. The van der Waals surface area contributed by atoms with E-state index in [0.717, 1.165) is 11.8 Å². The molecule has 6 nitrogen and oxygen atoms in total. The number of amides is 1. The van der Waals surface area contributed by atoms with Crippen molar-refractivity contribution in [2.24, 2.45) is 0 Å². The molecule has 7 heteroatoms. The van der Waals surface area contributed by atoms with Gasteiger partial charge in [-0.2, -0.15) is 5.10 Å². The van der Waals surface area contributed by atoms with E-state index < -0.39 is 5.82 Å². The van der Waals surface area contributed by atoms with Gasteiger partial charge in [-0.05, 0) is 11.6 Å². The predicted molar refractivity (Wildman–Crippen MR) is 94.1 cm³/mol. The summed E-state index contributed by atoms with van der Waals surface area (Å²) in [6, 6.07) is 10.8. The van der Waals surface area contributed by atoms with Crippen LogP contribution in [0.2, 0.25) is 0 Å². The molecule has 1 amide bonds. The molecule has 0 fully saturated rings. The zero-order valence-corrected chi connectivity index (χ0v) is 14.1. The van der Waals surface area contributed by atoms with E-state index in [2.05, 4.69) is 15.4 Å². The summed E-state index contributed by atoms with van der Waals surface area (Å²) in [5, 5.41) is 7.49. The topological polar surface area (TPSA) is 69.0 Å². The Bertz CT molecular complexity index is 955. The van der Waals surface area contributed by atoms with Gasteiger partial charge in [0.05, 0.1) is 18.8 Å². The van der Waals surface area contributed by atoms with Crippen LogP contribution in [-0.2, 0) is 4.74 Å². The quantitative estimate of drug-likeness (QED) is 0.784. The van der Waals surface area contributed by atoms with Gasteiger partial charge < -0.3 is 10.1 Å². The van der Waals surface area contributed by atoms with Crippen molar-refractivity contribution < 1.29 is 13.9 Å². The van der Waals surface area contributed by atoms with Crippen molar-refractivity contribution in [3.63, 3.8) is 0 Å². The first kappa shape index (κ1) is 16.4. The van der Waals surface area contributed by atoms with Gasteiger partial charge in [0.15, 0.2) is 5.82 Å². The van der Waals surface area contributed by atoms with Crippen LogP contribution in [0.1, 0.15) is 16.5 Å². The van der Waals surface area contributed by atoms with Crippen molar-refractivity contribution in [3.05, 3.63) is 60.3 Å². The van der Waals surface area contributed by atoms with Crippen molar-refractivity contribution >= 4 is 5.91 Å². The summed E-state index contributed by atoms with van der Waals surface area (Å²) in [6.45, 7) is 0.801. The Morgan fingerprint density at radius 3 is 2.85 bits per heavy atom. The summed E-state index contributed by atoms with van der Waals surface area (Å²) < 4.78 is 21.4. The summed E-state index contributed by atoms with van der Waals surface area (Å²) in [5.41, 5.74) is 2.55. The van der Waals surface area contributed by atoms with E-state index in [1.54, 1.807) is 17.9 Å². The monoisotopic (exact) mass is 352 g/mol. The molecule has 1 aliphatic rings. The van der Waals surface area contributed by atoms with Crippen LogP contribution >= 0.6 is 0 Å². The van der Waals surface area contributed by atoms with E-state index in [1.165, 1.54) is 6.20 Å². The molecule has 1 unspecified atom stereocenters. The highest BCUT2D eigenvalue weighted by Crippen LogP contribution is 2.37. The minimum absolute atomic E-state index is 0.159. The molecule has 0 aliphatic carbocycles. The maximum Gasteiger partial charge on any atom is 0.270 e. The first-order valence-electron chi connectivity index (χ1n) is 8.25. The van der Waals surface area contributed by atoms with Crippen molar-refractivity contribution in [2.45, 2.75) is 6.04 Å². The molecule has 2 aromatic heterocycles. The molecule has 1 atom stereocenters. The van der Waals surface area contributed by atoms with E-state index in [9.17, 15) is 9.18 Å². The van der Waals surface area contributed by atoms with Crippen LogP contribution in [0.5, 0.6) is 0 Å². The highest BCUT2D eigenvalue weighted by atomic mass is 19.1. The van der Waals surface area contributed by atoms with E-state index in [4.69, 9.17) is 4.74 Å². The number of methoxy groups -OCH3 is 1. The number of hydrogen-bond donors (Lipinski definition) is 1. The maximum absolute atomic E-state index is 14.4. The number of fused-ring (bicyclic) bond motifs is 1. The summed E-state index contributed by atoms with van der Waals surface area (Å²) in [4.78, 5) is 16.4. The zero-order valence-electron chi connectivity index (χ0n) is 14.1. The second-order valence-electron chi connectivity index (χ2n) is 6.06. The van der Waals surface area contributed by atoms with Gasteiger partial charge in [-0.15, -0.1) is 0 Å². The zero-order chi connectivity index (χ0) is 18.1. The van der Waals surface area contributed by atoms with Gasteiger partial charge in [-0.25, -0.2) is 4.39 Å². The molecule has 0 spiro atoms. The van der Waals surface area contributed by atoms with E-state index in [-0.39, 0.29) is 11.9 Å². The Kier molecular flexibility index (Phi) is 4.22. The fourth-order valence-electron chi connectivity index (χ4n) is 3.25.